The third-order valence-electron chi connectivity index (χ3n) is 2.12. The van der Waals surface area contributed by atoms with E-state index in [0.29, 0.717) is 0 Å². The van der Waals surface area contributed by atoms with Crippen LogP contribution >= 0.6 is 15.9 Å². The Bertz CT molecular complexity index is 489. The summed E-state index contributed by atoms with van der Waals surface area (Å²) in [4.78, 5) is 0. The Morgan fingerprint density at radius 2 is 1.69 bits per heavy atom. The molecule has 2 nitrogen and oxygen atoms in total. The first-order valence-electron chi connectivity index (χ1n) is 4.78. The van der Waals surface area contributed by atoms with Gasteiger partial charge in [-0.3, -0.25) is 0 Å². The maximum atomic E-state index is 9.88. The predicted molar refractivity (Wildman–Crippen MR) is 67.8 cm³/mol. The lowest BCUT2D eigenvalue weighted by atomic mass is 10.1. The molecule has 0 spiro atoms. The standard InChI is InChI=1S/C13H9BrO2/c14-12-3-1-11(2-4-12)13(15)9-10-5-7-16-8-6-10/h1-9H/p+1/b13-9-. The maximum absolute atomic E-state index is 9.88. The first-order chi connectivity index (χ1) is 7.75. The van der Waals surface area contributed by atoms with Gasteiger partial charge >= 0.3 is 12.5 Å². The lowest BCUT2D eigenvalue weighted by Gasteiger charge is -1.99. The molecule has 0 atom stereocenters. The molecule has 0 bridgehead atoms. The molecule has 0 saturated carbocycles. The Morgan fingerprint density at radius 3 is 2.31 bits per heavy atom. The van der Waals surface area contributed by atoms with Gasteiger partial charge in [0.1, 0.15) is 5.76 Å². The van der Waals surface area contributed by atoms with Crippen LogP contribution in [0.1, 0.15) is 11.1 Å². The Kier molecular flexibility index (Phi) is 3.37. The first-order valence-corrected chi connectivity index (χ1v) is 5.57. The summed E-state index contributed by atoms with van der Waals surface area (Å²) in [5, 5.41) is 9.88. The maximum Gasteiger partial charge on any atom is 0.318 e. The van der Waals surface area contributed by atoms with Crippen molar-refractivity contribution < 1.29 is 9.52 Å². The highest BCUT2D eigenvalue weighted by Crippen LogP contribution is 2.18. The molecular formula is C13H10BrO2+. The monoisotopic (exact) mass is 277 g/mol. The van der Waals surface area contributed by atoms with Crippen LogP contribution in [0.3, 0.4) is 0 Å². The lowest BCUT2D eigenvalue weighted by molar-refractivity contribution is 0.515. The average Bonchev–Trinajstić information content (AvgIpc) is 2.31. The van der Waals surface area contributed by atoms with Crippen molar-refractivity contribution in [2.24, 2.45) is 0 Å². The van der Waals surface area contributed by atoms with Crippen molar-refractivity contribution in [1.29, 1.82) is 0 Å². The van der Waals surface area contributed by atoms with Gasteiger partial charge in [-0.1, -0.05) is 28.1 Å². The molecule has 0 radical (unpaired) electrons. The third-order valence-corrected chi connectivity index (χ3v) is 2.65. The molecule has 0 unspecified atom stereocenters. The summed E-state index contributed by atoms with van der Waals surface area (Å²) in [5.74, 6) is 0.235. The van der Waals surface area contributed by atoms with E-state index in [1.807, 2.05) is 24.3 Å². The highest BCUT2D eigenvalue weighted by atomic mass is 79.9. The van der Waals surface area contributed by atoms with Gasteiger partial charge in [-0.2, -0.15) is 0 Å². The average molecular weight is 278 g/mol. The molecular weight excluding hydrogens is 268 g/mol. The summed E-state index contributed by atoms with van der Waals surface area (Å²) in [5.41, 5.74) is 1.68. The quantitative estimate of drug-likeness (QED) is 0.653. The van der Waals surface area contributed by atoms with Crippen molar-refractivity contribution in [3.05, 3.63) is 64.5 Å². The van der Waals surface area contributed by atoms with E-state index in [1.54, 1.807) is 30.7 Å². The number of hydrogen-bond donors (Lipinski definition) is 1. The molecule has 2 rings (SSSR count). The van der Waals surface area contributed by atoms with Gasteiger partial charge in [-0.05, 0) is 23.8 Å². The highest BCUT2D eigenvalue weighted by Gasteiger charge is 2.00. The molecule has 16 heavy (non-hydrogen) atoms. The first kappa shape index (κ1) is 10.9. The molecule has 2 aromatic rings. The largest absolute Gasteiger partial charge is 0.507 e. The van der Waals surface area contributed by atoms with Crippen molar-refractivity contribution in [1.82, 2.24) is 0 Å². The van der Waals surface area contributed by atoms with Crippen LogP contribution in [-0.4, -0.2) is 5.11 Å². The molecule has 0 saturated heterocycles. The molecule has 1 N–H and O–H groups in total. The van der Waals surface area contributed by atoms with Gasteiger partial charge in [0.25, 0.3) is 0 Å². The van der Waals surface area contributed by atoms with E-state index in [2.05, 4.69) is 15.9 Å². The minimum absolute atomic E-state index is 0.235. The lowest BCUT2D eigenvalue weighted by Crippen LogP contribution is -1.82. The van der Waals surface area contributed by atoms with Crippen LogP contribution in [0.5, 0.6) is 0 Å². The van der Waals surface area contributed by atoms with Crippen molar-refractivity contribution >= 4 is 27.8 Å². The van der Waals surface area contributed by atoms with Crippen LogP contribution in [-0.2, 0) is 0 Å². The fourth-order valence-electron chi connectivity index (χ4n) is 1.29. The molecule has 3 heteroatoms. The fourth-order valence-corrected chi connectivity index (χ4v) is 1.56. The van der Waals surface area contributed by atoms with Crippen molar-refractivity contribution in [3.63, 3.8) is 0 Å². The summed E-state index contributed by atoms with van der Waals surface area (Å²) < 4.78 is 5.89. The number of benzene rings is 1. The molecule has 0 aliphatic heterocycles. The molecule has 0 fully saturated rings. The van der Waals surface area contributed by atoms with Crippen molar-refractivity contribution in [2.45, 2.75) is 0 Å². The number of rotatable bonds is 2. The van der Waals surface area contributed by atoms with Gasteiger partial charge in [0.15, 0.2) is 0 Å². The van der Waals surface area contributed by atoms with E-state index in [4.69, 9.17) is 4.42 Å². The van der Waals surface area contributed by atoms with E-state index >= 15 is 0 Å². The number of aliphatic hydroxyl groups is 1. The predicted octanol–water partition coefficient (Wildman–Crippen LogP) is 4.38. The van der Waals surface area contributed by atoms with Crippen LogP contribution in [0.2, 0.25) is 0 Å². The second-order valence-electron chi connectivity index (χ2n) is 3.28. The second kappa shape index (κ2) is 4.94. The zero-order valence-corrected chi connectivity index (χ0v) is 10.0. The van der Waals surface area contributed by atoms with E-state index in [1.165, 1.54) is 0 Å². The minimum atomic E-state index is 0.235. The molecule has 0 amide bonds. The van der Waals surface area contributed by atoms with Gasteiger partial charge in [-0.15, -0.1) is 0 Å². The minimum Gasteiger partial charge on any atom is -0.507 e. The SMILES string of the molecule is O/C(=C\c1cc[o+]cc1)c1ccc(Br)cc1. The number of aliphatic hydroxyl groups excluding tert-OH is 1. The Balaban J connectivity index is 2.28. The summed E-state index contributed by atoms with van der Waals surface area (Å²) in [7, 11) is 0. The van der Waals surface area contributed by atoms with Gasteiger partial charge in [0, 0.05) is 22.2 Å². The summed E-state index contributed by atoms with van der Waals surface area (Å²) in [6.45, 7) is 0. The van der Waals surface area contributed by atoms with Gasteiger partial charge in [0.05, 0.1) is 0 Å². The Morgan fingerprint density at radius 1 is 1.06 bits per heavy atom. The molecule has 80 valence electrons. The van der Waals surface area contributed by atoms with E-state index in [9.17, 15) is 5.11 Å². The zero-order chi connectivity index (χ0) is 11.4. The second-order valence-corrected chi connectivity index (χ2v) is 4.19. The van der Waals surface area contributed by atoms with Crippen LogP contribution in [0, 0.1) is 0 Å². The number of hydrogen-bond acceptors (Lipinski definition) is 1. The van der Waals surface area contributed by atoms with Crippen LogP contribution < -0.4 is 0 Å². The van der Waals surface area contributed by atoms with Crippen molar-refractivity contribution in [2.75, 3.05) is 0 Å². The topological polar surface area (TPSA) is 31.5 Å². The Labute approximate surface area is 102 Å². The van der Waals surface area contributed by atoms with Crippen LogP contribution in [0.15, 0.2) is 57.8 Å². The van der Waals surface area contributed by atoms with Gasteiger partial charge < -0.3 is 5.11 Å². The molecule has 0 aliphatic rings. The summed E-state index contributed by atoms with van der Waals surface area (Å²) in [6.07, 6.45) is 4.83. The van der Waals surface area contributed by atoms with Crippen LogP contribution in [0.25, 0.3) is 11.8 Å². The van der Waals surface area contributed by atoms with E-state index < -0.39 is 0 Å². The summed E-state index contributed by atoms with van der Waals surface area (Å²) >= 11 is 3.35. The Hall–Kier alpha value is -1.61. The zero-order valence-electron chi connectivity index (χ0n) is 8.43. The van der Waals surface area contributed by atoms with Gasteiger partial charge in [-0.25, -0.2) is 4.42 Å². The third kappa shape index (κ3) is 2.70. The molecule has 0 aliphatic carbocycles. The summed E-state index contributed by atoms with van der Waals surface area (Å²) in [6, 6.07) is 11.1. The van der Waals surface area contributed by atoms with Crippen LogP contribution in [0.4, 0.5) is 0 Å². The van der Waals surface area contributed by atoms with E-state index in [0.717, 1.165) is 15.6 Å². The molecule has 1 aromatic carbocycles. The highest BCUT2D eigenvalue weighted by molar-refractivity contribution is 9.10. The fraction of sp³-hybridized carbons (Fsp3) is 0. The number of halogens is 1. The molecule has 1 heterocycles. The molecule has 1 aromatic heterocycles. The van der Waals surface area contributed by atoms with E-state index in [-0.39, 0.29) is 5.76 Å². The smallest absolute Gasteiger partial charge is 0.318 e. The van der Waals surface area contributed by atoms with Crippen molar-refractivity contribution in [3.8, 4) is 0 Å². The normalized spacial score (nSPS) is 11.4. The van der Waals surface area contributed by atoms with Gasteiger partial charge in [0.2, 0.25) is 0 Å².